The van der Waals surface area contributed by atoms with Gasteiger partial charge in [-0.1, -0.05) is 38.3 Å². The predicted molar refractivity (Wildman–Crippen MR) is 74.9 cm³/mol. The van der Waals surface area contributed by atoms with E-state index in [-0.39, 0.29) is 11.9 Å². The lowest BCUT2D eigenvalue weighted by Crippen LogP contribution is -2.33. The van der Waals surface area contributed by atoms with Crippen LogP contribution < -0.4 is 5.32 Å². The number of nitrogens with one attached hydrogen (secondary N) is 1. The molecule has 1 aromatic heterocycles. The maximum Gasteiger partial charge on any atom is 0.270 e. The first-order valence-electron chi connectivity index (χ1n) is 6.41. The van der Waals surface area contributed by atoms with Gasteiger partial charge in [0.25, 0.3) is 5.91 Å². The molecule has 1 N–H and O–H groups in total. The quantitative estimate of drug-likeness (QED) is 0.855. The Morgan fingerprint density at radius 3 is 2.72 bits per heavy atom. The van der Waals surface area contributed by atoms with Crippen molar-refractivity contribution in [2.75, 3.05) is 0 Å². The molecule has 0 aliphatic heterocycles. The Labute approximate surface area is 114 Å². The second-order valence-corrected chi connectivity index (χ2v) is 5.49. The number of hydrogen-bond donors (Lipinski definition) is 1. The second-order valence-electron chi connectivity index (χ2n) is 5.06. The zero-order chi connectivity index (χ0) is 13.5. The molecule has 1 amide bonds. The van der Waals surface area contributed by atoms with Crippen molar-refractivity contribution in [2.45, 2.75) is 46.1 Å². The van der Waals surface area contributed by atoms with Gasteiger partial charge in [0, 0.05) is 17.3 Å². The molecule has 0 radical (unpaired) electrons. The second kappa shape index (κ2) is 7.37. The summed E-state index contributed by atoms with van der Waals surface area (Å²) in [6.45, 7) is 6.43. The Bertz CT molecular complexity index is 393. The van der Waals surface area contributed by atoms with Crippen LogP contribution in [0.2, 0.25) is 5.02 Å². The fourth-order valence-corrected chi connectivity index (χ4v) is 1.89. The van der Waals surface area contributed by atoms with Gasteiger partial charge in [-0.3, -0.25) is 9.78 Å². The van der Waals surface area contributed by atoms with Gasteiger partial charge in [0.2, 0.25) is 0 Å². The minimum atomic E-state index is -0.158. The fraction of sp³-hybridized carbons (Fsp3) is 0.571. The monoisotopic (exact) mass is 268 g/mol. The Morgan fingerprint density at radius 1 is 1.39 bits per heavy atom. The number of carbonyl (C=O) groups excluding carboxylic acids is 1. The van der Waals surface area contributed by atoms with E-state index in [1.807, 2.05) is 6.92 Å². The third kappa shape index (κ3) is 5.50. The van der Waals surface area contributed by atoms with Crippen LogP contribution >= 0.6 is 11.6 Å². The number of aromatic nitrogens is 1. The molecule has 1 unspecified atom stereocenters. The standard InChI is InChI=1S/C14H21ClN2O/c1-10(2)5-4-6-11(3)17-14(18)13-9-12(15)7-8-16-13/h7-11H,4-6H2,1-3H3,(H,17,18). The van der Waals surface area contributed by atoms with Crippen molar-refractivity contribution < 1.29 is 4.79 Å². The molecule has 1 heterocycles. The fourth-order valence-electron chi connectivity index (χ4n) is 1.73. The highest BCUT2D eigenvalue weighted by Gasteiger charge is 2.11. The number of nitrogens with zero attached hydrogens (tertiary/aromatic N) is 1. The van der Waals surface area contributed by atoms with Crippen LogP contribution in [0.4, 0.5) is 0 Å². The van der Waals surface area contributed by atoms with Crippen LogP contribution in [0.5, 0.6) is 0 Å². The number of carbonyl (C=O) groups is 1. The molecule has 0 saturated heterocycles. The van der Waals surface area contributed by atoms with Gasteiger partial charge in [-0.15, -0.1) is 0 Å². The summed E-state index contributed by atoms with van der Waals surface area (Å²) in [5.74, 6) is 0.553. The van der Waals surface area contributed by atoms with Crippen molar-refractivity contribution in [1.82, 2.24) is 10.3 Å². The number of amides is 1. The lowest BCUT2D eigenvalue weighted by molar-refractivity contribution is 0.0932. The van der Waals surface area contributed by atoms with E-state index in [0.717, 1.165) is 12.8 Å². The van der Waals surface area contributed by atoms with Crippen molar-refractivity contribution in [1.29, 1.82) is 0 Å². The molecule has 1 atom stereocenters. The lowest BCUT2D eigenvalue weighted by atomic mass is 10.0. The smallest absolute Gasteiger partial charge is 0.270 e. The molecule has 4 heteroatoms. The summed E-state index contributed by atoms with van der Waals surface area (Å²) >= 11 is 5.82. The number of pyridine rings is 1. The van der Waals surface area contributed by atoms with Crippen molar-refractivity contribution in [3.8, 4) is 0 Å². The van der Waals surface area contributed by atoms with E-state index in [9.17, 15) is 4.79 Å². The highest BCUT2D eigenvalue weighted by Crippen LogP contribution is 2.10. The largest absolute Gasteiger partial charge is 0.348 e. The van der Waals surface area contributed by atoms with Gasteiger partial charge >= 0.3 is 0 Å². The summed E-state index contributed by atoms with van der Waals surface area (Å²) in [5, 5.41) is 3.47. The molecule has 1 aromatic rings. The Morgan fingerprint density at radius 2 is 2.11 bits per heavy atom. The molecule has 0 bridgehead atoms. The van der Waals surface area contributed by atoms with Gasteiger partial charge in [0.05, 0.1) is 0 Å². The van der Waals surface area contributed by atoms with Crippen LogP contribution in [0.15, 0.2) is 18.3 Å². The van der Waals surface area contributed by atoms with E-state index >= 15 is 0 Å². The van der Waals surface area contributed by atoms with E-state index in [1.165, 1.54) is 6.42 Å². The molecule has 1 rings (SSSR count). The molecule has 100 valence electrons. The Kier molecular flexibility index (Phi) is 6.13. The molecule has 3 nitrogen and oxygen atoms in total. The minimum absolute atomic E-state index is 0.158. The zero-order valence-electron chi connectivity index (χ0n) is 11.2. The van der Waals surface area contributed by atoms with Gasteiger partial charge in [-0.05, 0) is 31.4 Å². The minimum Gasteiger partial charge on any atom is -0.348 e. The Balaban J connectivity index is 2.40. The molecule has 0 spiro atoms. The highest BCUT2D eigenvalue weighted by molar-refractivity contribution is 6.30. The van der Waals surface area contributed by atoms with E-state index in [2.05, 4.69) is 24.1 Å². The van der Waals surface area contributed by atoms with Crippen LogP contribution in [-0.4, -0.2) is 16.9 Å². The van der Waals surface area contributed by atoms with Gasteiger partial charge in [-0.2, -0.15) is 0 Å². The first kappa shape index (κ1) is 15.0. The van der Waals surface area contributed by atoms with Crippen LogP contribution in [0, 0.1) is 5.92 Å². The van der Waals surface area contributed by atoms with Gasteiger partial charge in [0.15, 0.2) is 0 Å². The maximum absolute atomic E-state index is 11.9. The SMILES string of the molecule is CC(C)CCCC(C)NC(=O)c1cc(Cl)ccn1. The molecular weight excluding hydrogens is 248 g/mol. The molecule has 0 aromatic carbocycles. The average molecular weight is 269 g/mol. The number of halogens is 1. The molecule has 0 fully saturated rings. The maximum atomic E-state index is 11.9. The van der Waals surface area contributed by atoms with Crippen molar-refractivity contribution in [3.05, 3.63) is 29.0 Å². The third-order valence-electron chi connectivity index (χ3n) is 2.75. The van der Waals surface area contributed by atoms with Crippen LogP contribution in [-0.2, 0) is 0 Å². The van der Waals surface area contributed by atoms with E-state index in [0.29, 0.717) is 16.6 Å². The molecule has 18 heavy (non-hydrogen) atoms. The van der Waals surface area contributed by atoms with E-state index < -0.39 is 0 Å². The summed E-state index contributed by atoms with van der Waals surface area (Å²) in [6.07, 6.45) is 4.85. The van der Waals surface area contributed by atoms with Gasteiger partial charge in [0.1, 0.15) is 5.69 Å². The summed E-state index contributed by atoms with van der Waals surface area (Å²) in [6, 6.07) is 3.40. The molecule has 0 saturated carbocycles. The highest BCUT2D eigenvalue weighted by atomic mass is 35.5. The zero-order valence-corrected chi connectivity index (χ0v) is 12.0. The van der Waals surface area contributed by atoms with Crippen LogP contribution in [0.25, 0.3) is 0 Å². The first-order chi connectivity index (χ1) is 8.49. The average Bonchev–Trinajstić information content (AvgIpc) is 2.28. The summed E-state index contributed by atoms with van der Waals surface area (Å²) in [5.41, 5.74) is 0.373. The van der Waals surface area contributed by atoms with Crippen molar-refractivity contribution in [2.24, 2.45) is 5.92 Å². The summed E-state index contributed by atoms with van der Waals surface area (Å²) in [4.78, 5) is 15.9. The summed E-state index contributed by atoms with van der Waals surface area (Å²) in [7, 11) is 0. The van der Waals surface area contributed by atoms with Crippen molar-refractivity contribution in [3.63, 3.8) is 0 Å². The molecule has 0 aliphatic carbocycles. The normalized spacial score (nSPS) is 12.5. The lowest BCUT2D eigenvalue weighted by Gasteiger charge is -2.14. The van der Waals surface area contributed by atoms with E-state index in [1.54, 1.807) is 18.3 Å². The van der Waals surface area contributed by atoms with Crippen LogP contribution in [0.1, 0.15) is 50.5 Å². The van der Waals surface area contributed by atoms with Gasteiger partial charge < -0.3 is 5.32 Å². The first-order valence-corrected chi connectivity index (χ1v) is 6.79. The number of hydrogen-bond acceptors (Lipinski definition) is 2. The predicted octanol–water partition coefficient (Wildman–Crippen LogP) is 3.68. The van der Waals surface area contributed by atoms with Crippen LogP contribution in [0.3, 0.4) is 0 Å². The van der Waals surface area contributed by atoms with E-state index in [4.69, 9.17) is 11.6 Å². The topological polar surface area (TPSA) is 42.0 Å². The Hall–Kier alpha value is -1.09. The summed E-state index contributed by atoms with van der Waals surface area (Å²) < 4.78 is 0. The third-order valence-corrected chi connectivity index (χ3v) is 2.99. The molecular formula is C14H21ClN2O. The van der Waals surface area contributed by atoms with Crippen molar-refractivity contribution >= 4 is 17.5 Å². The molecule has 0 aliphatic rings. The number of rotatable bonds is 6. The van der Waals surface area contributed by atoms with Gasteiger partial charge in [-0.25, -0.2) is 0 Å².